The molecule has 0 radical (unpaired) electrons. The Morgan fingerprint density at radius 1 is 1.10 bits per heavy atom. The van der Waals surface area contributed by atoms with Gasteiger partial charge in [-0.2, -0.15) is 0 Å². The van der Waals surface area contributed by atoms with Gasteiger partial charge in [0.15, 0.2) is 4.91 Å². The third kappa shape index (κ3) is 3.57. The summed E-state index contributed by atoms with van der Waals surface area (Å²) in [5.74, 6) is -0.0191. The van der Waals surface area contributed by atoms with E-state index in [1.54, 1.807) is 0 Å². The van der Waals surface area contributed by atoms with E-state index in [-0.39, 0.29) is 11.3 Å². The van der Waals surface area contributed by atoms with Gasteiger partial charge in [0.25, 0.3) is 10.0 Å². The van der Waals surface area contributed by atoms with Gasteiger partial charge in [-0.25, -0.2) is 17.9 Å². The van der Waals surface area contributed by atoms with Crippen molar-refractivity contribution in [1.29, 1.82) is 5.41 Å². The van der Waals surface area contributed by atoms with Gasteiger partial charge in [-0.3, -0.25) is 0 Å². The standard InChI is InChI=1S/C21H26N4O5S/c22-8-17(19-23-9-21(12-30-19)10-29-11-21)31(27,28)25-20(26)24-18-15-5-1-3-13(15)7-14-4-2-6-16(14)18/h7-8,22-23H,1-6,9-12H2,(H2,24,25,26)/b19-17-,22-8?. The molecule has 1 aromatic carbocycles. The Bertz CT molecular complexity index is 1050. The first-order valence-corrected chi connectivity index (χ1v) is 12.1. The molecule has 2 saturated heterocycles. The van der Waals surface area contributed by atoms with Crippen molar-refractivity contribution in [1.82, 2.24) is 10.0 Å². The van der Waals surface area contributed by atoms with Crippen molar-refractivity contribution in [3.05, 3.63) is 39.1 Å². The molecule has 0 bridgehead atoms. The van der Waals surface area contributed by atoms with E-state index in [9.17, 15) is 13.2 Å². The highest BCUT2D eigenvalue weighted by molar-refractivity contribution is 7.94. The molecule has 4 aliphatic rings. The maximum absolute atomic E-state index is 12.8. The van der Waals surface area contributed by atoms with Crippen molar-refractivity contribution in [2.45, 2.75) is 38.5 Å². The second-order valence-corrected chi connectivity index (χ2v) is 10.4. The van der Waals surface area contributed by atoms with E-state index in [0.29, 0.717) is 32.6 Å². The quantitative estimate of drug-likeness (QED) is 0.520. The number of aryl methyl sites for hydroxylation is 2. The number of nitrogens with one attached hydrogen (secondary N) is 4. The summed E-state index contributed by atoms with van der Waals surface area (Å²) in [4.78, 5) is 12.3. The molecule has 1 aromatic rings. The Morgan fingerprint density at radius 3 is 2.29 bits per heavy atom. The number of allylic oxidation sites excluding steroid dienone is 1. The largest absolute Gasteiger partial charge is 0.477 e. The van der Waals surface area contributed by atoms with Gasteiger partial charge >= 0.3 is 6.03 Å². The predicted molar refractivity (Wildman–Crippen MR) is 115 cm³/mol. The van der Waals surface area contributed by atoms with Crippen LogP contribution in [0.15, 0.2) is 16.9 Å². The first-order chi connectivity index (χ1) is 14.9. The van der Waals surface area contributed by atoms with Crippen LogP contribution in [0, 0.1) is 10.8 Å². The highest BCUT2D eigenvalue weighted by Gasteiger charge is 2.43. The van der Waals surface area contributed by atoms with Crippen LogP contribution >= 0.6 is 0 Å². The maximum atomic E-state index is 12.8. The van der Waals surface area contributed by atoms with E-state index in [1.807, 2.05) is 0 Å². The molecule has 0 unspecified atom stereocenters. The minimum atomic E-state index is -4.29. The highest BCUT2D eigenvalue weighted by atomic mass is 32.2. The summed E-state index contributed by atoms with van der Waals surface area (Å²) in [5.41, 5.74) is 5.33. The average molecular weight is 447 g/mol. The smallest absolute Gasteiger partial charge is 0.333 e. The number of benzene rings is 1. The minimum absolute atomic E-state index is 0.0191. The van der Waals surface area contributed by atoms with E-state index in [2.05, 4.69) is 21.4 Å². The molecule has 4 N–H and O–H groups in total. The molecule has 9 nitrogen and oxygen atoms in total. The van der Waals surface area contributed by atoms with Crippen LogP contribution in [0.3, 0.4) is 0 Å². The van der Waals surface area contributed by atoms with Crippen LogP contribution in [0.5, 0.6) is 0 Å². The molecule has 2 aliphatic carbocycles. The summed E-state index contributed by atoms with van der Waals surface area (Å²) in [7, 11) is -4.29. The monoisotopic (exact) mass is 446 g/mol. The van der Waals surface area contributed by atoms with Gasteiger partial charge in [0.2, 0.25) is 5.88 Å². The summed E-state index contributed by atoms with van der Waals surface area (Å²) in [6, 6.07) is 1.42. The number of carbonyl (C=O) groups excluding carboxylic acids is 1. The van der Waals surface area contributed by atoms with Crippen molar-refractivity contribution in [2.24, 2.45) is 5.41 Å². The van der Waals surface area contributed by atoms with Gasteiger partial charge in [0, 0.05) is 18.4 Å². The number of sulfonamides is 1. The lowest BCUT2D eigenvalue weighted by molar-refractivity contribution is -0.154. The molecule has 10 heteroatoms. The maximum Gasteiger partial charge on any atom is 0.333 e. The molecule has 2 aliphatic heterocycles. The molecule has 1 spiro atoms. The zero-order valence-corrected chi connectivity index (χ0v) is 18.0. The molecule has 166 valence electrons. The number of hydrogen-bond donors (Lipinski definition) is 4. The molecular formula is C21H26N4O5S. The van der Waals surface area contributed by atoms with Crippen molar-refractivity contribution in [2.75, 3.05) is 31.7 Å². The van der Waals surface area contributed by atoms with Crippen LogP contribution in [0.1, 0.15) is 35.1 Å². The van der Waals surface area contributed by atoms with Gasteiger partial charge in [-0.05, 0) is 60.8 Å². The van der Waals surface area contributed by atoms with Crippen LogP contribution < -0.4 is 15.4 Å². The number of amides is 2. The number of hydrogen-bond acceptors (Lipinski definition) is 7. The predicted octanol–water partition coefficient (Wildman–Crippen LogP) is 1.57. The third-order valence-corrected chi connectivity index (χ3v) is 7.88. The summed E-state index contributed by atoms with van der Waals surface area (Å²) in [5, 5.41) is 13.3. The van der Waals surface area contributed by atoms with Gasteiger partial charge in [0.1, 0.15) is 6.61 Å². The van der Waals surface area contributed by atoms with Crippen molar-refractivity contribution in [3.8, 4) is 0 Å². The second-order valence-electron chi connectivity index (χ2n) is 8.77. The molecule has 2 fully saturated rings. The zero-order chi connectivity index (χ0) is 21.6. The number of rotatable bonds is 4. The number of anilines is 1. The highest BCUT2D eigenvalue weighted by Crippen LogP contribution is 2.38. The Kier molecular flexibility index (Phi) is 4.93. The number of ether oxygens (including phenoxy) is 2. The Morgan fingerprint density at radius 2 is 1.77 bits per heavy atom. The lowest BCUT2D eigenvalue weighted by Gasteiger charge is -2.44. The lowest BCUT2D eigenvalue weighted by Crippen LogP contribution is -2.56. The van der Waals surface area contributed by atoms with Gasteiger partial charge in [-0.1, -0.05) is 6.07 Å². The molecule has 2 heterocycles. The number of carbonyl (C=O) groups is 1. The molecule has 2 amide bonds. The summed E-state index contributed by atoms with van der Waals surface area (Å²) in [6.45, 7) is 1.89. The van der Waals surface area contributed by atoms with Crippen molar-refractivity contribution < 1.29 is 22.7 Å². The summed E-state index contributed by atoms with van der Waals surface area (Å²) < 4.78 is 38.5. The fourth-order valence-electron chi connectivity index (χ4n) is 4.88. The van der Waals surface area contributed by atoms with Crippen molar-refractivity contribution in [3.63, 3.8) is 0 Å². The lowest BCUT2D eigenvalue weighted by atomic mass is 9.86. The van der Waals surface area contributed by atoms with Gasteiger partial charge in [-0.15, -0.1) is 0 Å². The van der Waals surface area contributed by atoms with Crippen LogP contribution in [0.25, 0.3) is 0 Å². The third-order valence-electron chi connectivity index (χ3n) is 6.55. The molecule has 31 heavy (non-hydrogen) atoms. The molecule has 0 aromatic heterocycles. The zero-order valence-electron chi connectivity index (χ0n) is 17.2. The molecule has 0 saturated carbocycles. The van der Waals surface area contributed by atoms with E-state index < -0.39 is 21.0 Å². The van der Waals surface area contributed by atoms with E-state index in [1.165, 1.54) is 11.1 Å². The average Bonchev–Trinajstić information content (AvgIpc) is 3.36. The SMILES string of the molecule is N=C/C(=C1\NCC2(COC2)CO1)S(=O)(=O)NC(=O)Nc1c2c(cc3c1CCC3)CCC2. The van der Waals surface area contributed by atoms with E-state index in [0.717, 1.165) is 55.3 Å². The summed E-state index contributed by atoms with van der Waals surface area (Å²) >= 11 is 0. The fraction of sp³-hybridized carbons (Fsp3) is 0.524. The fourth-order valence-corrected chi connectivity index (χ4v) is 5.81. The van der Waals surface area contributed by atoms with Crippen LogP contribution in [-0.2, 0) is 45.2 Å². The normalized spacial score (nSPS) is 22.5. The van der Waals surface area contributed by atoms with E-state index in [4.69, 9.17) is 14.9 Å². The summed E-state index contributed by atoms with van der Waals surface area (Å²) in [6.07, 6.45) is 6.48. The molecular weight excluding hydrogens is 420 g/mol. The first kappa shape index (κ1) is 20.3. The van der Waals surface area contributed by atoms with E-state index >= 15 is 0 Å². The van der Waals surface area contributed by atoms with Crippen LogP contribution in [-0.4, -0.2) is 47.0 Å². The Balaban J connectivity index is 1.35. The molecule has 5 rings (SSSR count). The second kappa shape index (κ2) is 7.52. The Labute approximate surface area is 181 Å². The number of urea groups is 1. The van der Waals surface area contributed by atoms with Crippen LogP contribution in [0.4, 0.5) is 10.5 Å². The van der Waals surface area contributed by atoms with Gasteiger partial charge in [0.05, 0.1) is 18.6 Å². The Hall–Kier alpha value is -2.59. The van der Waals surface area contributed by atoms with Crippen LogP contribution in [0.2, 0.25) is 0 Å². The number of fused-ring (bicyclic) bond motifs is 2. The topological polar surface area (TPSA) is 130 Å². The van der Waals surface area contributed by atoms with Gasteiger partial charge < -0.3 is 25.5 Å². The molecule has 0 atom stereocenters. The van der Waals surface area contributed by atoms with Crippen molar-refractivity contribution >= 4 is 28.0 Å². The minimum Gasteiger partial charge on any atom is -0.477 e. The first-order valence-electron chi connectivity index (χ1n) is 10.6.